The zero-order chi connectivity index (χ0) is 17.0. The van der Waals surface area contributed by atoms with Crippen LogP contribution < -0.4 is 0 Å². The minimum atomic E-state index is -0.749. The molecule has 2 aromatic rings. The van der Waals surface area contributed by atoms with Gasteiger partial charge in [0.1, 0.15) is 0 Å². The van der Waals surface area contributed by atoms with Gasteiger partial charge in [-0.2, -0.15) is 0 Å². The van der Waals surface area contributed by atoms with Gasteiger partial charge in [0.15, 0.2) is 0 Å². The Kier molecular flexibility index (Phi) is 6.14. The van der Waals surface area contributed by atoms with Crippen LogP contribution in [0, 0.1) is 13.8 Å². The third kappa shape index (κ3) is 5.29. The van der Waals surface area contributed by atoms with Crippen molar-refractivity contribution in [1.82, 2.24) is 4.90 Å². The first-order chi connectivity index (χ1) is 10.8. The largest absolute Gasteiger partial charge is 0.299 e. The lowest BCUT2D eigenvalue weighted by atomic mass is 10.00. The minimum absolute atomic E-state index is 0.319. The lowest BCUT2D eigenvalue weighted by molar-refractivity contribution is 0.268. The molecule has 0 spiro atoms. The maximum absolute atomic E-state index is 11.4. The molecule has 0 aliphatic carbocycles. The molecule has 0 aliphatic rings. The van der Waals surface area contributed by atoms with E-state index in [1.54, 1.807) is 6.26 Å². The van der Waals surface area contributed by atoms with Gasteiger partial charge >= 0.3 is 0 Å². The fourth-order valence-electron chi connectivity index (χ4n) is 2.85. The third-order valence-electron chi connectivity index (χ3n) is 4.17. The molecule has 124 valence electrons. The fourth-order valence-corrected chi connectivity index (χ4v) is 3.79. The third-order valence-corrected chi connectivity index (χ3v) is 5.12. The highest BCUT2D eigenvalue weighted by Crippen LogP contribution is 2.23. The quantitative estimate of drug-likeness (QED) is 0.793. The molecule has 0 N–H and O–H groups in total. The topological polar surface area (TPSA) is 20.3 Å². The Morgan fingerprint density at radius 3 is 2.09 bits per heavy atom. The Labute approximate surface area is 143 Å². The van der Waals surface area contributed by atoms with Crippen LogP contribution >= 0.6 is 0 Å². The Morgan fingerprint density at radius 2 is 1.57 bits per heavy atom. The monoisotopic (exact) mass is 329 g/mol. The van der Waals surface area contributed by atoms with Crippen LogP contribution in [-0.2, 0) is 17.3 Å². The van der Waals surface area contributed by atoms with E-state index in [0.717, 1.165) is 12.3 Å². The van der Waals surface area contributed by atoms with Crippen molar-refractivity contribution in [2.24, 2.45) is 0 Å². The van der Waals surface area contributed by atoms with E-state index in [4.69, 9.17) is 0 Å². The van der Waals surface area contributed by atoms with E-state index in [9.17, 15) is 4.21 Å². The maximum Gasteiger partial charge on any atom is 0.0385 e. The van der Waals surface area contributed by atoms with E-state index in [2.05, 4.69) is 75.2 Å². The molecule has 0 radical (unpaired) electrons. The molecule has 0 saturated heterocycles. The average Bonchev–Trinajstić information content (AvgIpc) is 2.46. The first-order valence-corrected chi connectivity index (χ1v) is 9.75. The smallest absolute Gasteiger partial charge is 0.0385 e. The number of aryl methyl sites for hydroxylation is 2. The van der Waals surface area contributed by atoms with E-state index < -0.39 is 10.8 Å². The van der Waals surface area contributed by atoms with Crippen molar-refractivity contribution in [3.05, 3.63) is 59.2 Å². The van der Waals surface area contributed by atoms with Crippen LogP contribution in [0.4, 0.5) is 0 Å². The summed E-state index contributed by atoms with van der Waals surface area (Å²) in [6.07, 6.45) is 1.77. The molecule has 0 amide bonds. The van der Waals surface area contributed by atoms with Crippen LogP contribution in [0.5, 0.6) is 0 Å². The van der Waals surface area contributed by atoms with Gasteiger partial charge in [-0.15, -0.1) is 0 Å². The number of benzene rings is 2. The van der Waals surface area contributed by atoms with Crippen molar-refractivity contribution in [2.45, 2.75) is 33.4 Å². The van der Waals surface area contributed by atoms with Gasteiger partial charge in [0.05, 0.1) is 0 Å². The maximum atomic E-state index is 11.4. The van der Waals surface area contributed by atoms with Gasteiger partial charge in [-0.05, 0) is 44.5 Å². The van der Waals surface area contributed by atoms with Crippen LogP contribution in [0.15, 0.2) is 42.5 Å². The molecule has 0 unspecified atom stereocenters. The van der Waals surface area contributed by atoms with Crippen LogP contribution in [0.25, 0.3) is 11.1 Å². The molecule has 23 heavy (non-hydrogen) atoms. The molecule has 2 nitrogen and oxygen atoms in total. The standard InChI is InChI=1S/C20H27NOS/c1-15-10-16(2)12-20(11-15)19-8-6-18(7-9-19)13-21(4)17(3)14-23(5)22/h6-12,17H,13-14H2,1-5H3/t17-,23+/m1/s1. The molecule has 0 heterocycles. The first-order valence-electron chi connectivity index (χ1n) is 8.03. The molecule has 0 aliphatic heterocycles. The van der Waals surface area contributed by atoms with Gasteiger partial charge in [0.25, 0.3) is 0 Å². The van der Waals surface area contributed by atoms with Crippen molar-refractivity contribution in [3.63, 3.8) is 0 Å². The van der Waals surface area contributed by atoms with Gasteiger partial charge in [-0.25, -0.2) is 0 Å². The predicted octanol–water partition coefficient (Wildman–Crippen LogP) is 4.17. The van der Waals surface area contributed by atoms with Crippen molar-refractivity contribution in [1.29, 1.82) is 0 Å². The highest BCUT2D eigenvalue weighted by Gasteiger charge is 2.11. The molecule has 3 heteroatoms. The van der Waals surface area contributed by atoms with E-state index in [1.165, 1.54) is 27.8 Å². The molecule has 2 atom stereocenters. The van der Waals surface area contributed by atoms with Crippen molar-refractivity contribution in [3.8, 4) is 11.1 Å². The Hall–Kier alpha value is -1.45. The van der Waals surface area contributed by atoms with Gasteiger partial charge in [-0.1, -0.05) is 53.6 Å². The fraction of sp³-hybridized carbons (Fsp3) is 0.400. The second kappa shape index (κ2) is 7.89. The molecule has 2 rings (SSSR count). The summed E-state index contributed by atoms with van der Waals surface area (Å²) in [4.78, 5) is 2.26. The summed E-state index contributed by atoms with van der Waals surface area (Å²) < 4.78 is 11.4. The van der Waals surface area contributed by atoms with Crippen molar-refractivity contribution >= 4 is 10.8 Å². The lowest BCUT2D eigenvalue weighted by Gasteiger charge is -2.24. The van der Waals surface area contributed by atoms with Gasteiger partial charge in [0.2, 0.25) is 0 Å². The minimum Gasteiger partial charge on any atom is -0.299 e. The molecule has 0 fully saturated rings. The normalized spacial score (nSPS) is 14.0. The van der Waals surface area contributed by atoms with Gasteiger partial charge in [-0.3, -0.25) is 9.11 Å². The molecule has 0 bridgehead atoms. The van der Waals surface area contributed by atoms with E-state index in [-0.39, 0.29) is 0 Å². The van der Waals surface area contributed by atoms with E-state index in [0.29, 0.717) is 6.04 Å². The summed E-state index contributed by atoms with van der Waals surface area (Å²) >= 11 is 0. The zero-order valence-corrected chi connectivity index (χ0v) is 15.6. The van der Waals surface area contributed by atoms with Crippen molar-refractivity contribution in [2.75, 3.05) is 19.1 Å². The molecule has 2 aromatic carbocycles. The van der Waals surface area contributed by atoms with Crippen LogP contribution in [0.2, 0.25) is 0 Å². The van der Waals surface area contributed by atoms with Crippen LogP contribution in [0.1, 0.15) is 23.6 Å². The number of rotatable bonds is 6. The summed E-state index contributed by atoms with van der Waals surface area (Å²) in [5, 5.41) is 0. The summed E-state index contributed by atoms with van der Waals surface area (Å²) in [7, 11) is 1.34. The second-order valence-corrected chi connectivity index (χ2v) is 8.06. The summed E-state index contributed by atoms with van der Waals surface area (Å²) in [6, 6.07) is 15.8. The number of nitrogens with zero attached hydrogens (tertiary/aromatic N) is 1. The SMILES string of the molecule is Cc1cc(C)cc(-c2ccc(CN(C)[C@H](C)C[S@](C)=O)cc2)c1. The van der Waals surface area contributed by atoms with Gasteiger partial charge in [0, 0.05) is 35.4 Å². The predicted molar refractivity (Wildman–Crippen MR) is 101 cm³/mol. The summed E-state index contributed by atoms with van der Waals surface area (Å²) in [5.74, 6) is 0.719. The zero-order valence-electron chi connectivity index (χ0n) is 14.8. The highest BCUT2D eigenvalue weighted by atomic mass is 32.2. The van der Waals surface area contributed by atoms with E-state index >= 15 is 0 Å². The second-order valence-electron chi connectivity index (χ2n) is 6.58. The number of hydrogen-bond donors (Lipinski definition) is 0. The molecule has 0 aromatic heterocycles. The summed E-state index contributed by atoms with van der Waals surface area (Å²) in [6.45, 7) is 7.29. The number of hydrogen-bond acceptors (Lipinski definition) is 2. The molecular formula is C20H27NOS. The Morgan fingerprint density at radius 1 is 1.00 bits per heavy atom. The highest BCUT2D eigenvalue weighted by molar-refractivity contribution is 7.84. The Bertz CT molecular complexity index is 658. The van der Waals surface area contributed by atoms with Crippen LogP contribution in [0.3, 0.4) is 0 Å². The Balaban J connectivity index is 2.08. The first kappa shape index (κ1) is 17.9. The average molecular weight is 330 g/mol. The van der Waals surface area contributed by atoms with Crippen LogP contribution in [-0.4, -0.2) is 34.2 Å². The lowest BCUT2D eigenvalue weighted by Crippen LogP contribution is -2.32. The molecular weight excluding hydrogens is 302 g/mol. The van der Waals surface area contributed by atoms with Gasteiger partial charge < -0.3 is 0 Å². The van der Waals surface area contributed by atoms with E-state index in [1.807, 2.05) is 0 Å². The molecule has 0 saturated carbocycles. The van der Waals surface area contributed by atoms with Crippen molar-refractivity contribution < 1.29 is 4.21 Å². The summed E-state index contributed by atoms with van der Waals surface area (Å²) in [5.41, 5.74) is 6.41.